The van der Waals surface area contributed by atoms with Gasteiger partial charge in [-0.15, -0.1) is 0 Å². The van der Waals surface area contributed by atoms with Crippen LogP contribution in [0.4, 0.5) is 0 Å². The summed E-state index contributed by atoms with van der Waals surface area (Å²) in [4.78, 5) is 37.2. The molecule has 11 heteroatoms. The van der Waals surface area contributed by atoms with Gasteiger partial charge in [-0.05, 0) is 36.8 Å². The van der Waals surface area contributed by atoms with E-state index >= 15 is 0 Å². The molecule has 0 aliphatic carbocycles. The van der Waals surface area contributed by atoms with Gasteiger partial charge in [0.05, 0.1) is 22.8 Å². The highest BCUT2D eigenvalue weighted by Crippen LogP contribution is 2.25. The summed E-state index contributed by atoms with van der Waals surface area (Å²) in [7, 11) is -3.14. The number of nitrogens with zero attached hydrogens (tertiary/aromatic N) is 2. The van der Waals surface area contributed by atoms with E-state index in [1.165, 1.54) is 6.08 Å². The van der Waals surface area contributed by atoms with E-state index in [1.54, 1.807) is 29.1 Å². The standard InChI is InChI=1S/C27H23N3O7S/c31-24(28-20-12-13-38(34,35)17-20)16-36-25(32)11-10-19-15-30(21-7-2-1-3-8-21)29-26(19)22-14-18-6-4-5-9-23(18)37-27(22)33/h1-11,14-15,20H,12-13,16-17H2,(H,28,31)/b11-10+/t20-/m1/s1. The Labute approximate surface area is 217 Å². The van der Waals surface area contributed by atoms with Gasteiger partial charge in [-0.1, -0.05) is 36.4 Å². The van der Waals surface area contributed by atoms with Gasteiger partial charge in [0.25, 0.3) is 5.91 Å². The fraction of sp³-hybridized carbons (Fsp3) is 0.185. The summed E-state index contributed by atoms with van der Waals surface area (Å²) in [6, 6.07) is 17.5. The number of para-hydroxylation sites is 2. The maximum atomic E-state index is 12.8. The molecule has 1 amide bonds. The zero-order valence-corrected chi connectivity index (χ0v) is 20.9. The van der Waals surface area contributed by atoms with Gasteiger partial charge in [-0.3, -0.25) is 4.79 Å². The van der Waals surface area contributed by atoms with Crippen molar-refractivity contribution in [3.05, 3.63) is 88.9 Å². The van der Waals surface area contributed by atoms with Crippen LogP contribution >= 0.6 is 0 Å². The highest BCUT2D eigenvalue weighted by Gasteiger charge is 2.29. The van der Waals surface area contributed by atoms with Crippen LogP contribution in [0.3, 0.4) is 0 Å². The molecule has 0 saturated carbocycles. The minimum absolute atomic E-state index is 0.0228. The number of fused-ring (bicyclic) bond motifs is 1. The molecular weight excluding hydrogens is 510 g/mol. The topological polar surface area (TPSA) is 138 Å². The fourth-order valence-electron chi connectivity index (χ4n) is 4.18. The summed E-state index contributed by atoms with van der Waals surface area (Å²) in [6.07, 6.45) is 4.57. The smallest absolute Gasteiger partial charge is 0.345 e. The van der Waals surface area contributed by atoms with Crippen molar-refractivity contribution in [3.8, 4) is 16.9 Å². The Morgan fingerprint density at radius 2 is 1.89 bits per heavy atom. The minimum Gasteiger partial charge on any atom is -0.452 e. The van der Waals surface area contributed by atoms with Crippen molar-refractivity contribution in [2.24, 2.45) is 0 Å². The van der Waals surface area contributed by atoms with Crippen LogP contribution < -0.4 is 10.9 Å². The lowest BCUT2D eigenvalue weighted by Crippen LogP contribution is -2.38. The van der Waals surface area contributed by atoms with Crippen molar-refractivity contribution >= 4 is 38.8 Å². The van der Waals surface area contributed by atoms with Crippen molar-refractivity contribution < 1.29 is 27.2 Å². The molecule has 0 radical (unpaired) electrons. The quantitative estimate of drug-likeness (QED) is 0.217. The molecule has 0 bridgehead atoms. The largest absolute Gasteiger partial charge is 0.452 e. The van der Waals surface area contributed by atoms with Gasteiger partial charge in [0.2, 0.25) is 0 Å². The third-order valence-electron chi connectivity index (χ3n) is 6.00. The van der Waals surface area contributed by atoms with E-state index in [0.29, 0.717) is 28.6 Å². The monoisotopic (exact) mass is 533 g/mol. The zero-order valence-electron chi connectivity index (χ0n) is 20.1. The van der Waals surface area contributed by atoms with E-state index < -0.39 is 40.0 Å². The summed E-state index contributed by atoms with van der Waals surface area (Å²) < 4.78 is 35.1. The Balaban J connectivity index is 1.36. The number of benzene rings is 2. The number of hydrogen-bond acceptors (Lipinski definition) is 8. The number of carbonyl (C=O) groups is 2. The van der Waals surface area contributed by atoms with Crippen molar-refractivity contribution in [2.75, 3.05) is 18.1 Å². The second-order valence-corrected chi connectivity index (χ2v) is 11.0. The van der Waals surface area contributed by atoms with Crippen molar-refractivity contribution in [1.29, 1.82) is 0 Å². The lowest BCUT2D eigenvalue weighted by atomic mass is 10.1. The highest BCUT2D eigenvalue weighted by molar-refractivity contribution is 7.91. The SMILES string of the molecule is O=C(COC(=O)/C=C/c1cn(-c2ccccc2)nc1-c1cc2ccccc2oc1=O)N[C@@H]1CCS(=O)(=O)C1. The molecule has 1 aliphatic heterocycles. The Hall–Kier alpha value is -4.51. The number of rotatable bonds is 7. The number of sulfone groups is 1. The first kappa shape index (κ1) is 25.2. The normalized spacial score (nSPS) is 16.6. The van der Waals surface area contributed by atoms with Crippen molar-refractivity contribution in [2.45, 2.75) is 12.5 Å². The number of carbonyl (C=O) groups excluding carboxylic acids is 2. The van der Waals surface area contributed by atoms with Crippen LogP contribution in [-0.2, 0) is 24.2 Å². The molecule has 1 N–H and O–H groups in total. The van der Waals surface area contributed by atoms with Crippen LogP contribution in [0.1, 0.15) is 12.0 Å². The number of nitrogens with one attached hydrogen (secondary N) is 1. The maximum Gasteiger partial charge on any atom is 0.345 e. The second-order valence-electron chi connectivity index (χ2n) is 8.81. The Kier molecular flexibility index (Phi) is 6.93. The van der Waals surface area contributed by atoms with Gasteiger partial charge in [0.15, 0.2) is 16.4 Å². The highest BCUT2D eigenvalue weighted by atomic mass is 32.2. The summed E-state index contributed by atoms with van der Waals surface area (Å²) in [5.41, 5.74) is 1.58. The molecule has 1 fully saturated rings. The molecule has 0 spiro atoms. The Bertz CT molecular complexity index is 1710. The van der Waals surface area contributed by atoms with Gasteiger partial charge in [0, 0.05) is 29.3 Å². The predicted octanol–water partition coefficient (Wildman–Crippen LogP) is 2.51. The molecule has 1 aliphatic rings. The molecule has 0 unspecified atom stereocenters. The number of ether oxygens (including phenoxy) is 1. The summed E-state index contributed by atoms with van der Waals surface area (Å²) >= 11 is 0. The zero-order chi connectivity index (χ0) is 26.7. The third kappa shape index (κ3) is 5.73. The molecule has 38 heavy (non-hydrogen) atoms. The van der Waals surface area contributed by atoms with Crippen LogP contribution in [0.15, 0.2) is 82.1 Å². The molecule has 3 heterocycles. The van der Waals surface area contributed by atoms with Crippen molar-refractivity contribution in [3.63, 3.8) is 0 Å². The molecule has 1 saturated heterocycles. The summed E-state index contributed by atoms with van der Waals surface area (Å²) in [6.45, 7) is -0.551. The molecule has 194 valence electrons. The molecule has 2 aromatic carbocycles. The second kappa shape index (κ2) is 10.5. The Morgan fingerprint density at radius 1 is 1.13 bits per heavy atom. The first-order valence-electron chi connectivity index (χ1n) is 11.8. The van der Waals surface area contributed by atoms with Crippen LogP contribution in [0.2, 0.25) is 0 Å². The lowest BCUT2D eigenvalue weighted by Gasteiger charge is -2.10. The van der Waals surface area contributed by atoms with Gasteiger partial charge in [0.1, 0.15) is 11.3 Å². The molecule has 2 aromatic heterocycles. The van der Waals surface area contributed by atoms with Crippen molar-refractivity contribution in [1.82, 2.24) is 15.1 Å². The summed E-state index contributed by atoms with van der Waals surface area (Å²) in [5, 5.41) is 7.85. The predicted molar refractivity (Wildman–Crippen MR) is 140 cm³/mol. The van der Waals surface area contributed by atoms with E-state index in [9.17, 15) is 22.8 Å². The van der Waals surface area contributed by atoms with E-state index in [1.807, 2.05) is 42.5 Å². The third-order valence-corrected chi connectivity index (χ3v) is 7.77. The number of esters is 1. The van der Waals surface area contributed by atoms with Crippen LogP contribution in [-0.4, -0.2) is 54.2 Å². The Morgan fingerprint density at radius 3 is 2.66 bits per heavy atom. The first-order chi connectivity index (χ1) is 18.3. The first-order valence-corrected chi connectivity index (χ1v) is 13.6. The molecule has 4 aromatic rings. The summed E-state index contributed by atoms with van der Waals surface area (Å²) in [5.74, 6) is -1.47. The average Bonchev–Trinajstić information content (AvgIpc) is 3.48. The van der Waals surface area contributed by atoms with Crippen LogP contribution in [0.5, 0.6) is 0 Å². The van der Waals surface area contributed by atoms with Crippen LogP contribution in [0, 0.1) is 0 Å². The average molecular weight is 534 g/mol. The van der Waals surface area contributed by atoms with Crippen LogP contribution in [0.25, 0.3) is 34.0 Å². The van der Waals surface area contributed by atoms with Gasteiger partial charge >= 0.3 is 11.6 Å². The van der Waals surface area contributed by atoms with E-state index in [4.69, 9.17) is 9.15 Å². The van der Waals surface area contributed by atoms with E-state index in [-0.39, 0.29) is 17.1 Å². The fourth-order valence-corrected chi connectivity index (χ4v) is 5.85. The van der Waals surface area contributed by atoms with Gasteiger partial charge < -0.3 is 14.5 Å². The van der Waals surface area contributed by atoms with E-state index in [2.05, 4.69) is 10.4 Å². The number of hydrogen-bond donors (Lipinski definition) is 1. The molecule has 10 nitrogen and oxygen atoms in total. The maximum absolute atomic E-state index is 12.8. The molecular formula is C27H23N3O7S. The number of aromatic nitrogens is 2. The number of amides is 1. The molecule has 1 atom stereocenters. The van der Waals surface area contributed by atoms with Gasteiger partial charge in [-0.25, -0.2) is 22.7 Å². The lowest BCUT2D eigenvalue weighted by molar-refractivity contribution is -0.143. The van der Waals surface area contributed by atoms with E-state index in [0.717, 1.165) is 11.8 Å². The van der Waals surface area contributed by atoms with Gasteiger partial charge in [-0.2, -0.15) is 5.10 Å². The minimum atomic E-state index is -3.14. The molecule has 5 rings (SSSR count).